The van der Waals surface area contributed by atoms with Crippen molar-refractivity contribution >= 4 is 11.0 Å². The largest absolute Gasteiger partial charge is 0.371 e. The first-order valence-corrected chi connectivity index (χ1v) is 9.81. The third-order valence-corrected chi connectivity index (χ3v) is 6.30. The zero-order valence-corrected chi connectivity index (χ0v) is 15.0. The van der Waals surface area contributed by atoms with Gasteiger partial charge >= 0.3 is 0 Å². The number of aryl methyl sites for hydroxylation is 1. The Bertz CT molecular complexity index is 994. The molecule has 1 aliphatic heterocycles. The van der Waals surface area contributed by atoms with E-state index in [1.807, 2.05) is 13.1 Å². The van der Waals surface area contributed by atoms with Crippen LogP contribution < -0.4 is 0 Å². The van der Waals surface area contributed by atoms with Crippen molar-refractivity contribution in [3.8, 4) is 11.1 Å². The Morgan fingerprint density at radius 1 is 1.19 bits per heavy atom. The molecule has 5 nitrogen and oxygen atoms in total. The number of nitrogens with one attached hydrogen (secondary N) is 1. The Morgan fingerprint density at radius 3 is 2.77 bits per heavy atom. The van der Waals surface area contributed by atoms with Gasteiger partial charge in [-0.05, 0) is 68.7 Å². The minimum atomic E-state index is 0.233. The van der Waals surface area contributed by atoms with E-state index in [0.717, 1.165) is 46.6 Å². The summed E-state index contributed by atoms with van der Waals surface area (Å²) in [5.41, 5.74) is 5.96. The summed E-state index contributed by atoms with van der Waals surface area (Å²) in [6.45, 7) is 1.96. The number of aromatic amines is 1. The lowest BCUT2D eigenvalue weighted by molar-refractivity contribution is 0.0288. The van der Waals surface area contributed by atoms with Crippen LogP contribution in [0.4, 0.5) is 0 Å². The van der Waals surface area contributed by atoms with Gasteiger partial charge in [-0.1, -0.05) is 5.16 Å². The quantitative estimate of drug-likeness (QED) is 0.744. The van der Waals surface area contributed by atoms with Crippen molar-refractivity contribution in [3.05, 3.63) is 35.5 Å². The summed E-state index contributed by atoms with van der Waals surface area (Å²) in [6.07, 6.45) is 10.4. The number of hydrogen-bond acceptors (Lipinski definition) is 4. The zero-order chi connectivity index (χ0) is 17.3. The molecule has 6 rings (SSSR count). The third-order valence-electron chi connectivity index (χ3n) is 6.30. The first-order valence-electron chi connectivity index (χ1n) is 9.81. The van der Waals surface area contributed by atoms with Crippen LogP contribution in [0, 0.1) is 6.92 Å². The van der Waals surface area contributed by atoms with E-state index in [4.69, 9.17) is 14.2 Å². The van der Waals surface area contributed by atoms with Crippen molar-refractivity contribution in [2.24, 2.45) is 0 Å². The molecule has 0 amide bonds. The van der Waals surface area contributed by atoms with Crippen molar-refractivity contribution in [1.29, 1.82) is 0 Å². The average Bonchev–Trinajstić information content (AvgIpc) is 3.47. The Balaban J connectivity index is 1.43. The van der Waals surface area contributed by atoms with E-state index in [9.17, 15) is 0 Å². The van der Waals surface area contributed by atoms with E-state index >= 15 is 0 Å². The van der Waals surface area contributed by atoms with E-state index < -0.39 is 0 Å². The molecule has 2 aromatic heterocycles. The lowest BCUT2D eigenvalue weighted by Crippen LogP contribution is -2.14. The van der Waals surface area contributed by atoms with Crippen LogP contribution in [-0.2, 0) is 11.2 Å². The maximum absolute atomic E-state index is 6.36. The Labute approximate surface area is 152 Å². The van der Waals surface area contributed by atoms with Crippen LogP contribution in [0.1, 0.15) is 61.6 Å². The van der Waals surface area contributed by atoms with Crippen LogP contribution in [0.25, 0.3) is 22.2 Å². The van der Waals surface area contributed by atoms with Gasteiger partial charge in [-0.3, -0.25) is 0 Å². The summed E-state index contributed by atoms with van der Waals surface area (Å²) in [5.74, 6) is 2.62. The standard InChI is InChI=1S/C21H23N3O2/c1-12-17(11-22-26-12)14-8-15(9-16-4-5-21(25-16)6-7-21)19-18(10-14)23-20(24-19)13-2-3-13/h8,10-11,13,16H,2-7,9H2,1H3,(H,23,24). The molecule has 1 spiro atoms. The molecule has 2 saturated carbocycles. The fraction of sp³-hybridized carbons (Fsp3) is 0.524. The van der Waals surface area contributed by atoms with Crippen LogP contribution in [0.15, 0.2) is 22.9 Å². The first-order chi connectivity index (χ1) is 12.7. The molecule has 1 aromatic carbocycles. The number of rotatable bonds is 4. The molecular formula is C21H23N3O2. The number of fused-ring (bicyclic) bond motifs is 1. The molecule has 3 aromatic rings. The third kappa shape index (κ3) is 2.41. The summed E-state index contributed by atoms with van der Waals surface area (Å²) in [5, 5.41) is 3.96. The molecule has 26 heavy (non-hydrogen) atoms. The van der Waals surface area contributed by atoms with Gasteiger partial charge in [-0.2, -0.15) is 0 Å². The van der Waals surface area contributed by atoms with Gasteiger partial charge < -0.3 is 14.2 Å². The maximum atomic E-state index is 6.36. The number of hydrogen-bond donors (Lipinski definition) is 1. The average molecular weight is 349 g/mol. The fourth-order valence-electron chi connectivity index (χ4n) is 4.44. The predicted octanol–water partition coefficient (Wildman–Crippen LogP) is 4.66. The second kappa shape index (κ2) is 5.19. The summed E-state index contributed by atoms with van der Waals surface area (Å²) < 4.78 is 11.7. The maximum Gasteiger partial charge on any atom is 0.141 e. The van der Waals surface area contributed by atoms with Gasteiger partial charge in [-0.25, -0.2) is 4.98 Å². The monoisotopic (exact) mass is 349 g/mol. The molecule has 3 heterocycles. The van der Waals surface area contributed by atoms with Gasteiger partial charge in [0.2, 0.25) is 0 Å². The highest BCUT2D eigenvalue weighted by Crippen LogP contribution is 2.50. The van der Waals surface area contributed by atoms with Gasteiger partial charge in [0.05, 0.1) is 28.9 Å². The summed E-state index contributed by atoms with van der Waals surface area (Å²) >= 11 is 0. The second-order valence-electron chi connectivity index (χ2n) is 8.39. The van der Waals surface area contributed by atoms with Gasteiger partial charge in [0.1, 0.15) is 11.6 Å². The number of benzene rings is 1. The number of ether oxygens (including phenoxy) is 1. The fourth-order valence-corrected chi connectivity index (χ4v) is 4.44. The van der Waals surface area contributed by atoms with Crippen molar-refractivity contribution in [2.75, 3.05) is 0 Å². The minimum Gasteiger partial charge on any atom is -0.371 e. The number of nitrogens with zero attached hydrogens (tertiary/aromatic N) is 2. The SMILES string of the molecule is Cc1oncc1-c1cc(CC2CCC3(CC3)O2)c2nc(C3CC3)[nH]c2c1. The Morgan fingerprint density at radius 2 is 2.08 bits per heavy atom. The molecule has 134 valence electrons. The van der Waals surface area contributed by atoms with Gasteiger partial charge in [0.15, 0.2) is 0 Å². The van der Waals surface area contributed by atoms with Crippen molar-refractivity contribution < 1.29 is 9.26 Å². The van der Waals surface area contributed by atoms with Gasteiger partial charge in [-0.15, -0.1) is 0 Å². The predicted molar refractivity (Wildman–Crippen MR) is 98.1 cm³/mol. The van der Waals surface area contributed by atoms with E-state index in [2.05, 4.69) is 22.3 Å². The molecule has 3 fully saturated rings. The number of H-pyrrole nitrogens is 1. The number of imidazole rings is 1. The minimum absolute atomic E-state index is 0.233. The summed E-state index contributed by atoms with van der Waals surface area (Å²) in [7, 11) is 0. The molecule has 1 N–H and O–H groups in total. The Hall–Kier alpha value is -2.14. The molecule has 1 saturated heterocycles. The van der Waals surface area contributed by atoms with E-state index in [1.165, 1.54) is 37.7 Å². The highest BCUT2D eigenvalue weighted by molar-refractivity contribution is 5.85. The van der Waals surface area contributed by atoms with Gasteiger partial charge in [0, 0.05) is 17.9 Å². The molecule has 0 radical (unpaired) electrons. The van der Waals surface area contributed by atoms with Crippen LogP contribution in [0.3, 0.4) is 0 Å². The van der Waals surface area contributed by atoms with Crippen LogP contribution >= 0.6 is 0 Å². The molecule has 0 bridgehead atoms. The van der Waals surface area contributed by atoms with E-state index in [1.54, 1.807) is 0 Å². The lowest BCUT2D eigenvalue weighted by Gasteiger charge is -2.14. The van der Waals surface area contributed by atoms with Crippen molar-refractivity contribution in [2.45, 2.75) is 69.5 Å². The zero-order valence-electron chi connectivity index (χ0n) is 15.0. The van der Waals surface area contributed by atoms with E-state index in [-0.39, 0.29) is 5.60 Å². The highest BCUT2D eigenvalue weighted by atomic mass is 16.5. The molecular weight excluding hydrogens is 326 g/mol. The Kier molecular flexibility index (Phi) is 2.99. The molecule has 1 unspecified atom stereocenters. The second-order valence-corrected chi connectivity index (χ2v) is 8.39. The molecule has 3 aliphatic rings. The number of aromatic nitrogens is 3. The molecule has 1 atom stereocenters. The molecule has 2 aliphatic carbocycles. The lowest BCUT2D eigenvalue weighted by atomic mass is 9.98. The van der Waals surface area contributed by atoms with Crippen LogP contribution in [0.2, 0.25) is 0 Å². The van der Waals surface area contributed by atoms with Crippen molar-refractivity contribution in [1.82, 2.24) is 15.1 Å². The molecule has 5 heteroatoms. The summed E-state index contributed by atoms with van der Waals surface area (Å²) in [4.78, 5) is 8.53. The van der Waals surface area contributed by atoms with Crippen molar-refractivity contribution in [3.63, 3.8) is 0 Å². The van der Waals surface area contributed by atoms with E-state index in [0.29, 0.717) is 12.0 Å². The van der Waals surface area contributed by atoms with Crippen LogP contribution in [-0.4, -0.2) is 26.8 Å². The topological polar surface area (TPSA) is 63.9 Å². The first kappa shape index (κ1) is 15.0. The van der Waals surface area contributed by atoms with Gasteiger partial charge in [0.25, 0.3) is 0 Å². The summed E-state index contributed by atoms with van der Waals surface area (Å²) in [6, 6.07) is 4.45. The smallest absolute Gasteiger partial charge is 0.141 e. The normalized spacial score (nSPS) is 24.0. The highest BCUT2D eigenvalue weighted by Gasteiger charge is 2.49. The van der Waals surface area contributed by atoms with Crippen LogP contribution in [0.5, 0.6) is 0 Å².